The van der Waals surface area contributed by atoms with Crippen LogP contribution in [-0.4, -0.2) is 30.8 Å². The third kappa shape index (κ3) is 10.7. The highest BCUT2D eigenvalue weighted by Gasteiger charge is 2.10. The number of alkyl halides is 1. The van der Waals surface area contributed by atoms with Gasteiger partial charge in [-0.2, -0.15) is 0 Å². The maximum Gasteiger partial charge on any atom is 0.0707 e. The minimum absolute atomic E-state index is 0.0540. The molecule has 0 aliphatic carbocycles. The van der Waals surface area contributed by atoms with E-state index < -0.39 is 0 Å². The van der Waals surface area contributed by atoms with Gasteiger partial charge in [0, 0.05) is 5.33 Å². The van der Waals surface area contributed by atoms with Crippen molar-refractivity contribution in [3.8, 4) is 0 Å². The second kappa shape index (κ2) is 8.54. The highest BCUT2D eigenvalue weighted by atomic mass is 79.9. The summed E-state index contributed by atoms with van der Waals surface area (Å²) >= 11 is 3.51. The van der Waals surface area contributed by atoms with Crippen molar-refractivity contribution in [1.82, 2.24) is 0 Å². The lowest BCUT2D eigenvalue weighted by Crippen LogP contribution is -2.22. The van der Waals surface area contributed by atoms with Gasteiger partial charge in [0.15, 0.2) is 0 Å². The number of rotatable bonds is 8. The van der Waals surface area contributed by atoms with Crippen LogP contribution in [0.2, 0.25) is 0 Å². The van der Waals surface area contributed by atoms with Gasteiger partial charge in [0.25, 0.3) is 0 Å². The third-order valence-electron chi connectivity index (χ3n) is 2.03. The summed E-state index contributed by atoms with van der Waals surface area (Å²) in [7, 11) is 0. The number of halogens is 1. The summed E-state index contributed by atoms with van der Waals surface area (Å²) in [5.41, 5.74) is -0.0540. The molecule has 0 saturated carbocycles. The fraction of sp³-hybridized carbons (Fsp3) is 1.00. The molecule has 0 spiro atoms. The topological polar surface area (TPSA) is 18.5 Å². The third-order valence-corrected chi connectivity index (χ3v) is 2.95. The molecule has 0 aromatic heterocycles. The zero-order chi connectivity index (χ0) is 11.7. The lowest BCUT2D eigenvalue weighted by atomic mass is 10.1. The van der Waals surface area contributed by atoms with Gasteiger partial charge in [-0.05, 0) is 33.1 Å². The monoisotopic (exact) mass is 280 g/mol. The molecule has 0 heterocycles. The number of hydrogen-bond donors (Lipinski definition) is 0. The summed E-state index contributed by atoms with van der Waals surface area (Å²) in [6, 6.07) is 0. The molecular formula is C12H25BrO2. The van der Waals surface area contributed by atoms with Gasteiger partial charge in [-0.15, -0.1) is 0 Å². The van der Waals surface area contributed by atoms with Crippen molar-refractivity contribution in [2.75, 3.05) is 25.2 Å². The van der Waals surface area contributed by atoms with E-state index in [0.717, 1.165) is 11.9 Å². The molecule has 92 valence electrons. The molecule has 0 bridgehead atoms. The standard InChI is InChI=1S/C12H25BrO2/c1-5-6-11(9-13)10-14-7-8-15-12(2,3)4/h11H,5-10H2,1-4H3. The van der Waals surface area contributed by atoms with E-state index in [-0.39, 0.29) is 5.60 Å². The van der Waals surface area contributed by atoms with Crippen LogP contribution in [0.25, 0.3) is 0 Å². The molecule has 0 radical (unpaired) electrons. The van der Waals surface area contributed by atoms with Gasteiger partial charge in [0.1, 0.15) is 0 Å². The molecule has 0 aromatic carbocycles. The first-order chi connectivity index (χ1) is 6.99. The van der Waals surface area contributed by atoms with E-state index in [1.54, 1.807) is 0 Å². The lowest BCUT2D eigenvalue weighted by Gasteiger charge is -2.20. The molecule has 15 heavy (non-hydrogen) atoms. The van der Waals surface area contributed by atoms with Crippen LogP contribution in [0.3, 0.4) is 0 Å². The summed E-state index contributed by atoms with van der Waals surface area (Å²) < 4.78 is 11.1. The first-order valence-corrected chi connectivity index (χ1v) is 6.89. The second-order valence-electron chi connectivity index (χ2n) is 4.84. The second-order valence-corrected chi connectivity index (χ2v) is 5.49. The fourth-order valence-corrected chi connectivity index (χ4v) is 1.78. The van der Waals surface area contributed by atoms with Crippen LogP contribution in [0.4, 0.5) is 0 Å². The Labute approximate surface area is 103 Å². The van der Waals surface area contributed by atoms with Crippen molar-refractivity contribution < 1.29 is 9.47 Å². The van der Waals surface area contributed by atoms with Crippen LogP contribution < -0.4 is 0 Å². The Morgan fingerprint density at radius 1 is 1.20 bits per heavy atom. The van der Waals surface area contributed by atoms with E-state index in [9.17, 15) is 0 Å². The average molecular weight is 281 g/mol. The number of ether oxygens (including phenoxy) is 2. The average Bonchev–Trinajstić information content (AvgIpc) is 2.14. The molecular weight excluding hydrogens is 256 g/mol. The zero-order valence-corrected chi connectivity index (χ0v) is 12.1. The first kappa shape index (κ1) is 15.4. The van der Waals surface area contributed by atoms with Gasteiger partial charge in [-0.25, -0.2) is 0 Å². The predicted molar refractivity (Wildman–Crippen MR) is 68.7 cm³/mol. The minimum Gasteiger partial charge on any atom is -0.379 e. The summed E-state index contributed by atoms with van der Waals surface area (Å²) in [4.78, 5) is 0. The maximum atomic E-state index is 5.58. The maximum absolute atomic E-state index is 5.58. The van der Waals surface area contributed by atoms with Crippen molar-refractivity contribution in [2.45, 2.75) is 46.1 Å². The quantitative estimate of drug-likeness (QED) is 0.499. The van der Waals surface area contributed by atoms with E-state index in [2.05, 4.69) is 43.6 Å². The normalized spacial score (nSPS) is 14.2. The summed E-state index contributed by atoms with van der Waals surface area (Å²) in [5, 5.41) is 1.03. The van der Waals surface area contributed by atoms with Crippen molar-refractivity contribution >= 4 is 15.9 Å². The molecule has 3 heteroatoms. The molecule has 1 unspecified atom stereocenters. The van der Waals surface area contributed by atoms with Gasteiger partial charge in [0.05, 0.1) is 25.4 Å². The van der Waals surface area contributed by atoms with E-state index in [1.165, 1.54) is 12.8 Å². The Morgan fingerprint density at radius 2 is 1.87 bits per heavy atom. The Bertz CT molecular complexity index is 143. The molecule has 0 aliphatic heterocycles. The van der Waals surface area contributed by atoms with E-state index >= 15 is 0 Å². The first-order valence-electron chi connectivity index (χ1n) is 5.77. The van der Waals surface area contributed by atoms with Crippen LogP contribution >= 0.6 is 15.9 Å². The highest BCUT2D eigenvalue weighted by Crippen LogP contribution is 2.10. The van der Waals surface area contributed by atoms with Gasteiger partial charge in [-0.3, -0.25) is 0 Å². The minimum atomic E-state index is -0.0540. The molecule has 2 nitrogen and oxygen atoms in total. The summed E-state index contributed by atoms with van der Waals surface area (Å²) in [5.74, 6) is 0.643. The Hall–Kier alpha value is 0.400. The van der Waals surface area contributed by atoms with E-state index in [1.807, 2.05) is 0 Å². The molecule has 0 N–H and O–H groups in total. The summed E-state index contributed by atoms with van der Waals surface area (Å²) in [6.45, 7) is 10.6. The summed E-state index contributed by atoms with van der Waals surface area (Å²) in [6.07, 6.45) is 2.45. The fourth-order valence-electron chi connectivity index (χ4n) is 1.27. The van der Waals surface area contributed by atoms with Gasteiger partial charge in [-0.1, -0.05) is 29.3 Å². The SMILES string of the molecule is CCCC(CBr)COCCOC(C)(C)C. The van der Waals surface area contributed by atoms with Crippen LogP contribution in [-0.2, 0) is 9.47 Å². The number of hydrogen-bond acceptors (Lipinski definition) is 2. The Balaban J connectivity index is 3.36. The van der Waals surface area contributed by atoms with Gasteiger partial charge >= 0.3 is 0 Å². The van der Waals surface area contributed by atoms with Gasteiger partial charge < -0.3 is 9.47 Å². The van der Waals surface area contributed by atoms with Crippen LogP contribution in [0, 0.1) is 5.92 Å². The Morgan fingerprint density at radius 3 is 2.33 bits per heavy atom. The van der Waals surface area contributed by atoms with Crippen molar-refractivity contribution in [3.63, 3.8) is 0 Å². The molecule has 0 amide bonds. The molecule has 0 saturated heterocycles. The van der Waals surface area contributed by atoms with Crippen LogP contribution in [0.1, 0.15) is 40.5 Å². The lowest BCUT2D eigenvalue weighted by molar-refractivity contribution is -0.0386. The Kier molecular flexibility index (Phi) is 8.77. The molecule has 0 fully saturated rings. The van der Waals surface area contributed by atoms with Crippen molar-refractivity contribution in [2.24, 2.45) is 5.92 Å². The largest absolute Gasteiger partial charge is 0.379 e. The zero-order valence-electron chi connectivity index (χ0n) is 10.5. The molecule has 0 rings (SSSR count). The van der Waals surface area contributed by atoms with Crippen molar-refractivity contribution in [1.29, 1.82) is 0 Å². The molecule has 1 atom stereocenters. The smallest absolute Gasteiger partial charge is 0.0707 e. The molecule has 0 aliphatic rings. The highest BCUT2D eigenvalue weighted by molar-refractivity contribution is 9.09. The van der Waals surface area contributed by atoms with Crippen LogP contribution in [0.15, 0.2) is 0 Å². The van der Waals surface area contributed by atoms with Crippen LogP contribution in [0.5, 0.6) is 0 Å². The van der Waals surface area contributed by atoms with Gasteiger partial charge in [0.2, 0.25) is 0 Å². The van der Waals surface area contributed by atoms with Crippen molar-refractivity contribution in [3.05, 3.63) is 0 Å². The predicted octanol–water partition coefficient (Wildman–Crippen LogP) is 3.63. The van der Waals surface area contributed by atoms with E-state index in [0.29, 0.717) is 19.1 Å². The van der Waals surface area contributed by atoms with E-state index in [4.69, 9.17) is 9.47 Å². The molecule has 0 aromatic rings.